The van der Waals surface area contributed by atoms with Crippen LogP contribution in [0.5, 0.6) is 0 Å². The minimum absolute atomic E-state index is 0.192. The van der Waals surface area contributed by atoms with Crippen LogP contribution in [0.2, 0.25) is 0 Å². The summed E-state index contributed by atoms with van der Waals surface area (Å²) in [6.07, 6.45) is 0. The molecule has 0 unspecified atom stereocenters. The van der Waals surface area contributed by atoms with Crippen molar-refractivity contribution in [1.82, 2.24) is 0 Å². The number of esters is 2. The molecule has 0 bridgehead atoms. The SMILES string of the molecule is CCOC(=O)C(=O)OCC.NCCN. The lowest BCUT2D eigenvalue weighted by atomic mass is 10.7. The summed E-state index contributed by atoms with van der Waals surface area (Å²) in [6, 6.07) is 0. The molecular formula is C8H18N2O4. The fourth-order valence-corrected chi connectivity index (χ4v) is 0.380. The van der Waals surface area contributed by atoms with Crippen LogP contribution in [0.15, 0.2) is 0 Å². The molecule has 0 aromatic heterocycles. The Kier molecular flexibility index (Phi) is 13.0. The van der Waals surface area contributed by atoms with E-state index < -0.39 is 11.9 Å². The van der Waals surface area contributed by atoms with Crippen LogP contribution >= 0.6 is 0 Å². The standard InChI is InChI=1S/C6H10O4.C2H8N2/c1-3-9-5(7)6(8)10-4-2;3-1-2-4/h3-4H2,1-2H3;1-4H2. The monoisotopic (exact) mass is 206 g/mol. The second-order valence-corrected chi connectivity index (χ2v) is 2.02. The van der Waals surface area contributed by atoms with Crippen molar-refractivity contribution in [3.8, 4) is 0 Å². The van der Waals surface area contributed by atoms with Gasteiger partial charge >= 0.3 is 11.9 Å². The van der Waals surface area contributed by atoms with E-state index in [1.807, 2.05) is 0 Å². The lowest BCUT2D eigenvalue weighted by molar-refractivity contribution is -0.167. The third-order valence-corrected chi connectivity index (χ3v) is 0.884. The van der Waals surface area contributed by atoms with Gasteiger partial charge in [-0.25, -0.2) is 9.59 Å². The Balaban J connectivity index is 0. The molecule has 0 fully saturated rings. The second kappa shape index (κ2) is 11.9. The summed E-state index contributed by atoms with van der Waals surface area (Å²) < 4.78 is 8.69. The molecule has 84 valence electrons. The fourth-order valence-electron chi connectivity index (χ4n) is 0.380. The van der Waals surface area contributed by atoms with Gasteiger partial charge in [-0.1, -0.05) is 0 Å². The number of hydrogen-bond donors (Lipinski definition) is 2. The summed E-state index contributed by atoms with van der Waals surface area (Å²) in [6.45, 7) is 4.82. The van der Waals surface area contributed by atoms with E-state index in [1.54, 1.807) is 13.8 Å². The van der Waals surface area contributed by atoms with Crippen molar-refractivity contribution in [3.05, 3.63) is 0 Å². The highest BCUT2D eigenvalue weighted by atomic mass is 16.6. The van der Waals surface area contributed by atoms with Gasteiger partial charge in [0, 0.05) is 13.1 Å². The van der Waals surface area contributed by atoms with E-state index in [0.717, 1.165) is 0 Å². The number of nitrogens with two attached hydrogens (primary N) is 2. The maximum absolute atomic E-state index is 10.4. The zero-order valence-corrected chi connectivity index (χ0v) is 8.62. The Hall–Kier alpha value is -1.14. The Morgan fingerprint density at radius 2 is 1.21 bits per heavy atom. The molecule has 0 aliphatic heterocycles. The van der Waals surface area contributed by atoms with Crippen molar-refractivity contribution >= 4 is 11.9 Å². The molecule has 0 saturated heterocycles. The largest absolute Gasteiger partial charge is 0.458 e. The molecule has 14 heavy (non-hydrogen) atoms. The van der Waals surface area contributed by atoms with E-state index in [4.69, 9.17) is 11.5 Å². The average molecular weight is 206 g/mol. The van der Waals surface area contributed by atoms with E-state index in [9.17, 15) is 9.59 Å². The van der Waals surface area contributed by atoms with Crippen LogP contribution in [-0.2, 0) is 19.1 Å². The van der Waals surface area contributed by atoms with Crippen molar-refractivity contribution in [2.24, 2.45) is 11.5 Å². The minimum atomic E-state index is -0.927. The van der Waals surface area contributed by atoms with Crippen molar-refractivity contribution in [2.75, 3.05) is 26.3 Å². The maximum atomic E-state index is 10.4. The van der Waals surface area contributed by atoms with E-state index >= 15 is 0 Å². The Bertz CT molecular complexity index is 143. The minimum Gasteiger partial charge on any atom is -0.458 e. The second-order valence-electron chi connectivity index (χ2n) is 2.02. The van der Waals surface area contributed by atoms with Gasteiger partial charge in [0.05, 0.1) is 13.2 Å². The van der Waals surface area contributed by atoms with Crippen molar-refractivity contribution in [3.63, 3.8) is 0 Å². The quantitative estimate of drug-likeness (QED) is 0.454. The smallest absolute Gasteiger partial charge is 0.417 e. The van der Waals surface area contributed by atoms with Gasteiger partial charge in [0.2, 0.25) is 0 Å². The topological polar surface area (TPSA) is 105 Å². The molecule has 0 rings (SSSR count). The van der Waals surface area contributed by atoms with Gasteiger partial charge in [-0.3, -0.25) is 0 Å². The average Bonchev–Trinajstić information content (AvgIpc) is 2.19. The van der Waals surface area contributed by atoms with Crippen LogP contribution in [0.25, 0.3) is 0 Å². The lowest BCUT2D eigenvalue weighted by Gasteiger charge is -1.99. The summed E-state index contributed by atoms with van der Waals surface area (Å²) in [5, 5.41) is 0. The Labute approximate surface area is 83.5 Å². The molecule has 6 heteroatoms. The molecule has 0 spiro atoms. The normalized spacial score (nSPS) is 8.29. The summed E-state index contributed by atoms with van der Waals surface area (Å²) in [7, 11) is 0. The Morgan fingerprint density at radius 1 is 0.929 bits per heavy atom. The molecule has 4 N–H and O–H groups in total. The Morgan fingerprint density at radius 3 is 1.36 bits per heavy atom. The molecule has 0 saturated carbocycles. The van der Waals surface area contributed by atoms with Crippen LogP contribution in [0.3, 0.4) is 0 Å². The number of rotatable bonds is 3. The third kappa shape index (κ3) is 10.9. The van der Waals surface area contributed by atoms with Gasteiger partial charge in [0.1, 0.15) is 0 Å². The molecule has 6 nitrogen and oxygen atoms in total. The molecule has 0 atom stereocenters. The molecular weight excluding hydrogens is 188 g/mol. The number of ether oxygens (including phenoxy) is 2. The molecule has 0 aromatic carbocycles. The maximum Gasteiger partial charge on any atom is 0.417 e. The lowest BCUT2D eigenvalue weighted by Crippen LogP contribution is -2.19. The van der Waals surface area contributed by atoms with Gasteiger partial charge in [-0.15, -0.1) is 0 Å². The van der Waals surface area contributed by atoms with E-state index in [1.165, 1.54) is 0 Å². The predicted molar refractivity (Wildman–Crippen MR) is 51.4 cm³/mol. The van der Waals surface area contributed by atoms with Gasteiger partial charge in [-0.2, -0.15) is 0 Å². The number of carbonyl (C=O) groups excluding carboxylic acids is 2. The van der Waals surface area contributed by atoms with E-state index in [0.29, 0.717) is 13.1 Å². The molecule has 0 aliphatic carbocycles. The number of carbonyl (C=O) groups is 2. The van der Waals surface area contributed by atoms with E-state index in [-0.39, 0.29) is 13.2 Å². The van der Waals surface area contributed by atoms with Gasteiger partial charge < -0.3 is 20.9 Å². The van der Waals surface area contributed by atoms with Crippen LogP contribution in [0.4, 0.5) is 0 Å². The zero-order valence-electron chi connectivity index (χ0n) is 8.62. The highest BCUT2D eigenvalue weighted by molar-refractivity contribution is 6.29. The predicted octanol–water partition coefficient (Wildman–Crippen LogP) is -0.984. The molecule has 0 amide bonds. The molecule has 0 radical (unpaired) electrons. The van der Waals surface area contributed by atoms with Crippen molar-refractivity contribution in [1.29, 1.82) is 0 Å². The molecule has 0 aromatic rings. The third-order valence-electron chi connectivity index (χ3n) is 0.884. The highest BCUT2D eigenvalue weighted by Gasteiger charge is 2.14. The molecule has 0 heterocycles. The van der Waals surface area contributed by atoms with Gasteiger partial charge in [0.25, 0.3) is 0 Å². The van der Waals surface area contributed by atoms with Gasteiger partial charge in [-0.05, 0) is 13.8 Å². The van der Waals surface area contributed by atoms with Crippen molar-refractivity contribution < 1.29 is 19.1 Å². The molecule has 0 aliphatic rings. The number of hydrogen-bond acceptors (Lipinski definition) is 6. The summed E-state index contributed by atoms with van der Waals surface area (Å²) in [5.74, 6) is -1.85. The highest BCUT2D eigenvalue weighted by Crippen LogP contribution is 1.82. The van der Waals surface area contributed by atoms with Crippen LogP contribution in [0.1, 0.15) is 13.8 Å². The summed E-state index contributed by atoms with van der Waals surface area (Å²) in [4.78, 5) is 20.9. The van der Waals surface area contributed by atoms with Crippen LogP contribution in [-0.4, -0.2) is 38.2 Å². The zero-order chi connectivity index (χ0) is 11.4. The van der Waals surface area contributed by atoms with Crippen LogP contribution in [0, 0.1) is 0 Å². The van der Waals surface area contributed by atoms with Gasteiger partial charge in [0.15, 0.2) is 0 Å². The van der Waals surface area contributed by atoms with E-state index in [2.05, 4.69) is 9.47 Å². The summed E-state index contributed by atoms with van der Waals surface area (Å²) >= 11 is 0. The fraction of sp³-hybridized carbons (Fsp3) is 0.750. The first-order valence-corrected chi connectivity index (χ1v) is 4.37. The van der Waals surface area contributed by atoms with Crippen LogP contribution < -0.4 is 11.5 Å². The first-order valence-electron chi connectivity index (χ1n) is 4.37. The summed E-state index contributed by atoms with van der Waals surface area (Å²) in [5.41, 5.74) is 9.81. The first kappa shape index (κ1) is 15.3. The first-order chi connectivity index (χ1) is 6.63. The van der Waals surface area contributed by atoms with Crippen molar-refractivity contribution in [2.45, 2.75) is 13.8 Å².